The molecule has 1 aliphatic rings. The molecule has 0 radical (unpaired) electrons. The zero-order valence-corrected chi connectivity index (χ0v) is 17.7. The van der Waals surface area contributed by atoms with Crippen LogP contribution in [-0.4, -0.2) is 32.6 Å². The number of nitrogens with zero attached hydrogens (tertiary/aromatic N) is 1. The number of hydrogen-bond donors (Lipinski definition) is 2. The van der Waals surface area contributed by atoms with Crippen molar-refractivity contribution in [1.82, 2.24) is 5.32 Å². The van der Waals surface area contributed by atoms with Gasteiger partial charge in [-0.1, -0.05) is 26.8 Å². The lowest BCUT2D eigenvalue weighted by molar-refractivity contribution is -0.0979. The summed E-state index contributed by atoms with van der Waals surface area (Å²) in [5.74, 6) is -0.159. The number of halogens is 1. The summed E-state index contributed by atoms with van der Waals surface area (Å²) in [5.41, 5.74) is 3.41. The van der Waals surface area contributed by atoms with E-state index in [1.54, 1.807) is 12.1 Å². The van der Waals surface area contributed by atoms with Gasteiger partial charge in [-0.25, -0.2) is 4.39 Å². The Morgan fingerprint density at radius 1 is 1.26 bits per heavy atom. The highest BCUT2D eigenvalue weighted by atomic mass is 19.1. The van der Waals surface area contributed by atoms with Crippen molar-refractivity contribution in [3.05, 3.63) is 53.5 Å². The van der Waals surface area contributed by atoms with Gasteiger partial charge < -0.3 is 15.4 Å². The number of hydrogen-bond acceptors (Lipinski definition) is 4. The zero-order chi connectivity index (χ0) is 21.1. The molecule has 2 N–H and O–H groups in total. The van der Waals surface area contributed by atoms with Gasteiger partial charge in [0.05, 0.1) is 0 Å². The molecule has 0 fully saturated rings. The van der Waals surface area contributed by atoms with Gasteiger partial charge >= 0.3 is 0 Å². The van der Waals surface area contributed by atoms with E-state index in [0.29, 0.717) is 6.04 Å². The van der Waals surface area contributed by atoms with Crippen molar-refractivity contribution in [3.63, 3.8) is 0 Å². The lowest BCUT2D eigenvalue weighted by atomic mass is 10.1. The first kappa shape index (κ1) is 27.0. The third-order valence-electron chi connectivity index (χ3n) is 3.71. The van der Waals surface area contributed by atoms with Crippen molar-refractivity contribution in [2.45, 2.75) is 53.5 Å². The fourth-order valence-electron chi connectivity index (χ4n) is 2.20. The van der Waals surface area contributed by atoms with Crippen molar-refractivity contribution in [3.8, 4) is 0 Å². The van der Waals surface area contributed by atoms with E-state index >= 15 is 0 Å². The summed E-state index contributed by atoms with van der Waals surface area (Å²) in [6, 6.07) is 5.28. The van der Waals surface area contributed by atoms with Crippen LogP contribution in [0.25, 0.3) is 0 Å². The first-order valence-electron chi connectivity index (χ1n) is 9.48. The number of aryl methyl sites for hydroxylation is 1. The Bertz CT molecular complexity index is 583. The number of carbonyl (C=O) groups excluding carboxylic acids is 1. The molecule has 0 spiro atoms. The molecule has 1 heterocycles. The third kappa shape index (κ3) is 11.9. The molecule has 0 amide bonds. The molecule has 0 aliphatic carbocycles. The van der Waals surface area contributed by atoms with Gasteiger partial charge in [-0.05, 0) is 69.1 Å². The van der Waals surface area contributed by atoms with Gasteiger partial charge in [-0.3, -0.25) is 4.99 Å². The molecule has 1 aromatic carbocycles. The highest BCUT2D eigenvalue weighted by Gasteiger charge is 2.04. The standard InChI is InChI=1S/C10H14FN.C9H14N2.C2H6.CH2O/c1-3-8-7-9(11)5-6-10(8)12-4-2;1-8(10-2)9-5-3-4-6-11-7-9;2*1-2/h5-7,12H,3-4H2,1-2H3;3-4,6-8,10H,5H2,1-2H3;1-2H3;1H2. The molecule has 0 aromatic heterocycles. The predicted octanol–water partition coefficient (Wildman–Crippen LogP) is 5.17. The van der Waals surface area contributed by atoms with Crippen LogP contribution in [0.4, 0.5) is 10.1 Å². The molecule has 2 rings (SSSR count). The monoisotopic (exact) mass is 377 g/mol. The molecule has 1 aromatic rings. The molecule has 0 bridgehead atoms. The van der Waals surface area contributed by atoms with E-state index in [1.165, 1.54) is 11.6 Å². The van der Waals surface area contributed by atoms with E-state index in [9.17, 15) is 4.39 Å². The third-order valence-corrected chi connectivity index (χ3v) is 3.71. The quantitative estimate of drug-likeness (QED) is 0.744. The molecule has 0 saturated heterocycles. The maximum absolute atomic E-state index is 12.7. The summed E-state index contributed by atoms with van der Waals surface area (Å²) >= 11 is 0. The van der Waals surface area contributed by atoms with Crippen molar-refractivity contribution >= 4 is 18.7 Å². The lowest BCUT2D eigenvalue weighted by Crippen LogP contribution is -2.23. The molecule has 4 nitrogen and oxygen atoms in total. The number of likely N-dealkylation sites (N-methyl/N-ethyl adjacent to an activating group) is 1. The number of rotatable bonds is 5. The normalized spacial score (nSPS) is 12.6. The van der Waals surface area contributed by atoms with E-state index in [2.05, 4.69) is 28.6 Å². The fraction of sp³-hybridized carbons (Fsp3) is 0.455. The van der Waals surface area contributed by atoms with Crippen LogP contribution in [0.5, 0.6) is 0 Å². The van der Waals surface area contributed by atoms with Crippen molar-refractivity contribution in [1.29, 1.82) is 0 Å². The fourth-order valence-corrected chi connectivity index (χ4v) is 2.20. The highest BCUT2D eigenvalue weighted by Crippen LogP contribution is 2.17. The van der Waals surface area contributed by atoms with E-state index in [0.717, 1.165) is 30.6 Å². The molecule has 0 saturated carbocycles. The summed E-state index contributed by atoms with van der Waals surface area (Å²) < 4.78 is 12.7. The highest BCUT2D eigenvalue weighted by molar-refractivity contribution is 5.72. The number of nitrogens with one attached hydrogen (secondary N) is 2. The average Bonchev–Trinajstić information content (AvgIpc) is 3.02. The van der Waals surface area contributed by atoms with Gasteiger partial charge in [-0.2, -0.15) is 0 Å². The minimum Gasteiger partial charge on any atom is -0.385 e. The predicted molar refractivity (Wildman–Crippen MR) is 117 cm³/mol. The molecular formula is C22H36FN3O. The van der Waals surface area contributed by atoms with Crippen LogP contribution in [0.3, 0.4) is 0 Å². The number of aliphatic imine (C=N–C) groups is 1. The first-order chi connectivity index (χ1) is 13.1. The summed E-state index contributed by atoms with van der Waals surface area (Å²) in [5, 5.41) is 6.37. The number of anilines is 1. The van der Waals surface area contributed by atoms with Gasteiger partial charge in [0, 0.05) is 30.7 Å². The Labute approximate surface area is 164 Å². The molecular weight excluding hydrogens is 341 g/mol. The molecule has 5 heteroatoms. The van der Waals surface area contributed by atoms with Crippen LogP contribution in [0, 0.1) is 5.82 Å². The Morgan fingerprint density at radius 2 is 1.93 bits per heavy atom. The van der Waals surface area contributed by atoms with E-state index < -0.39 is 0 Å². The van der Waals surface area contributed by atoms with E-state index in [1.807, 2.05) is 60.0 Å². The van der Waals surface area contributed by atoms with Crippen LogP contribution in [-0.2, 0) is 11.2 Å². The summed E-state index contributed by atoms with van der Waals surface area (Å²) in [6.45, 7) is 13.1. The zero-order valence-electron chi connectivity index (χ0n) is 17.7. The number of carbonyl (C=O) groups is 1. The maximum Gasteiger partial charge on any atom is 0.123 e. The van der Waals surface area contributed by atoms with Crippen molar-refractivity contribution in [2.24, 2.45) is 4.99 Å². The Morgan fingerprint density at radius 3 is 2.48 bits per heavy atom. The SMILES string of the molecule is C=O.CC.CCNc1ccc(F)cc1CC.CNC(C)C1=CN=CC=CC1. The average molecular weight is 378 g/mol. The number of allylic oxidation sites excluding steroid dienone is 2. The van der Waals surface area contributed by atoms with Gasteiger partial charge in [0.2, 0.25) is 0 Å². The first-order valence-corrected chi connectivity index (χ1v) is 9.48. The van der Waals surface area contributed by atoms with Crippen LogP contribution >= 0.6 is 0 Å². The maximum atomic E-state index is 12.7. The smallest absolute Gasteiger partial charge is 0.123 e. The van der Waals surface area contributed by atoms with E-state index in [-0.39, 0.29) is 5.82 Å². The molecule has 1 unspecified atom stereocenters. The van der Waals surface area contributed by atoms with Crippen LogP contribution < -0.4 is 10.6 Å². The van der Waals surface area contributed by atoms with Gasteiger partial charge in [0.25, 0.3) is 0 Å². The van der Waals surface area contributed by atoms with Crippen molar-refractivity contribution < 1.29 is 9.18 Å². The summed E-state index contributed by atoms with van der Waals surface area (Å²) in [4.78, 5) is 12.1. The molecule has 152 valence electrons. The van der Waals surface area contributed by atoms with Crippen LogP contribution in [0.1, 0.15) is 46.6 Å². The largest absolute Gasteiger partial charge is 0.385 e. The molecule has 27 heavy (non-hydrogen) atoms. The second-order valence-electron chi connectivity index (χ2n) is 5.33. The molecule has 1 atom stereocenters. The lowest BCUT2D eigenvalue weighted by Gasteiger charge is -2.11. The summed E-state index contributed by atoms with van der Waals surface area (Å²) in [6.07, 6.45) is 9.71. The van der Waals surface area contributed by atoms with E-state index in [4.69, 9.17) is 4.79 Å². The molecule has 1 aliphatic heterocycles. The second-order valence-corrected chi connectivity index (χ2v) is 5.33. The minimum absolute atomic E-state index is 0.159. The Kier molecular flexibility index (Phi) is 18.5. The topological polar surface area (TPSA) is 53.5 Å². The minimum atomic E-state index is -0.159. The van der Waals surface area contributed by atoms with Crippen molar-refractivity contribution in [2.75, 3.05) is 18.9 Å². The van der Waals surface area contributed by atoms with Gasteiger partial charge in [0.15, 0.2) is 0 Å². The number of benzene rings is 1. The Balaban J connectivity index is 0. The van der Waals surface area contributed by atoms with Crippen LogP contribution in [0.2, 0.25) is 0 Å². The second kappa shape index (κ2) is 18.5. The Hall–Kier alpha value is -2.27. The van der Waals surface area contributed by atoms with Gasteiger partial charge in [0.1, 0.15) is 12.6 Å². The summed E-state index contributed by atoms with van der Waals surface area (Å²) in [7, 11) is 1.96. The van der Waals surface area contributed by atoms with Crippen LogP contribution in [0.15, 0.2) is 47.1 Å². The van der Waals surface area contributed by atoms with Gasteiger partial charge in [-0.15, -0.1) is 0 Å².